The smallest absolute Gasteiger partial charge is 0.192 e. The van der Waals surface area contributed by atoms with Crippen LogP contribution in [0.3, 0.4) is 0 Å². The first kappa shape index (κ1) is 26.1. The molecule has 1 fully saturated rings. The minimum absolute atomic E-state index is 0.112. The van der Waals surface area contributed by atoms with Crippen molar-refractivity contribution in [2.45, 2.75) is 123 Å². The average molecular weight is 439 g/mol. The molecule has 0 aromatic rings. The van der Waals surface area contributed by atoms with Crippen LogP contribution in [0, 0.1) is 17.3 Å². The Bertz CT molecular complexity index is 590. The van der Waals surface area contributed by atoms with Gasteiger partial charge in [0.25, 0.3) is 0 Å². The van der Waals surface area contributed by atoms with Gasteiger partial charge in [0.15, 0.2) is 8.32 Å². The van der Waals surface area contributed by atoms with Crippen LogP contribution >= 0.6 is 0 Å². The molecule has 0 heterocycles. The topological polar surface area (TPSA) is 27.7 Å². The average Bonchev–Trinajstić information content (AvgIpc) is 2.96. The fourth-order valence-electron chi connectivity index (χ4n) is 5.47. The molecule has 2 aliphatic carbocycles. The Kier molecular flexibility index (Phi) is 8.49. The monoisotopic (exact) mass is 438 g/mol. The van der Waals surface area contributed by atoms with E-state index in [1.54, 1.807) is 12.7 Å². The summed E-state index contributed by atoms with van der Waals surface area (Å²) >= 11 is 0. The highest BCUT2D eigenvalue weighted by Crippen LogP contribution is 2.56. The van der Waals surface area contributed by atoms with E-state index >= 15 is 0 Å². The molecule has 0 saturated heterocycles. The van der Waals surface area contributed by atoms with Gasteiger partial charge in [-0.3, -0.25) is 0 Å². The lowest BCUT2D eigenvalue weighted by Gasteiger charge is -2.49. The van der Waals surface area contributed by atoms with Crippen LogP contribution in [0.25, 0.3) is 0 Å². The number of fused-ring (bicyclic) bond motifs is 1. The second kappa shape index (κ2) is 9.76. The number of hydrogen-bond donors (Lipinski definition) is 0. The molecule has 176 valence electrons. The molecule has 3 nitrogen and oxygen atoms in total. The summed E-state index contributed by atoms with van der Waals surface area (Å²) < 4.78 is 17.9. The van der Waals surface area contributed by atoms with Crippen LogP contribution in [0.4, 0.5) is 0 Å². The Hall–Kier alpha value is -0.163. The van der Waals surface area contributed by atoms with Gasteiger partial charge in [-0.15, -0.1) is 0 Å². The molecule has 0 N–H and O–H groups in total. The normalized spacial score (nSPS) is 28.9. The van der Waals surface area contributed by atoms with Crippen LogP contribution in [0.1, 0.15) is 93.4 Å². The molecule has 0 unspecified atom stereocenters. The molecular weight excluding hydrogens is 388 g/mol. The van der Waals surface area contributed by atoms with Crippen LogP contribution in [0.2, 0.25) is 18.1 Å². The maximum absolute atomic E-state index is 6.99. The van der Waals surface area contributed by atoms with Gasteiger partial charge in [0.05, 0.1) is 5.60 Å². The Morgan fingerprint density at radius 2 is 1.87 bits per heavy atom. The Morgan fingerprint density at radius 1 is 1.20 bits per heavy atom. The summed E-state index contributed by atoms with van der Waals surface area (Å²) in [5.74, 6) is 1.31. The quantitative estimate of drug-likeness (QED) is 0.198. The van der Waals surface area contributed by atoms with Gasteiger partial charge in [-0.05, 0) is 81.3 Å². The Labute approximate surface area is 188 Å². The lowest BCUT2D eigenvalue weighted by atomic mass is 9.63. The highest BCUT2D eigenvalue weighted by atomic mass is 28.4. The van der Waals surface area contributed by atoms with E-state index in [2.05, 4.69) is 67.6 Å². The minimum Gasteiger partial charge on any atom is -0.414 e. The predicted octanol–water partition coefficient (Wildman–Crippen LogP) is 7.72. The first-order valence-electron chi connectivity index (χ1n) is 12.2. The number of rotatable bonds is 10. The maximum Gasteiger partial charge on any atom is 0.192 e. The SMILES string of the molecule is COCOC(C)(C)CCC[C@@H](C)C1=CC[C@H]2[C@@H](O[Si](C)(C)C(C)(C)C)CCC[C@]12C. The highest BCUT2D eigenvalue weighted by molar-refractivity contribution is 6.74. The van der Waals surface area contributed by atoms with E-state index in [9.17, 15) is 0 Å². The van der Waals surface area contributed by atoms with Gasteiger partial charge in [-0.1, -0.05) is 59.1 Å². The van der Waals surface area contributed by atoms with Crippen LogP contribution < -0.4 is 0 Å². The fourth-order valence-corrected chi connectivity index (χ4v) is 6.86. The van der Waals surface area contributed by atoms with Gasteiger partial charge >= 0.3 is 0 Å². The predicted molar refractivity (Wildman–Crippen MR) is 130 cm³/mol. The molecule has 0 radical (unpaired) electrons. The molecule has 2 rings (SSSR count). The first-order valence-corrected chi connectivity index (χ1v) is 15.2. The number of methoxy groups -OCH3 is 1. The van der Waals surface area contributed by atoms with E-state index in [1.807, 2.05) is 0 Å². The number of allylic oxidation sites excluding steroid dienone is 2. The first-order chi connectivity index (χ1) is 13.7. The zero-order valence-corrected chi connectivity index (χ0v) is 22.7. The van der Waals surface area contributed by atoms with Crippen molar-refractivity contribution in [1.29, 1.82) is 0 Å². The van der Waals surface area contributed by atoms with Crippen molar-refractivity contribution in [3.63, 3.8) is 0 Å². The molecule has 30 heavy (non-hydrogen) atoms. The summed E-state index contributed by atoms with van der Waals surface area (Å²) in [6, 6.07) is 0. The van der Waals surface area contributed by atoms with Crippen molar-refractivity contribution >= 4 is 8.32 Å². The van der Waals surface area contributed by atoms with Gasteiger partial charge in [0, 0.05) is 13.2 Å². The van der Waals surface area contributed by atoms with E-state index in [0.29, 0.717) is 30.1 Å². The van der Waals surface area contributed by atoms with E-state index in [4.69, 9.17) is 13.9 Å². The third-order valence-electron chi connectivity index (χ3n) is 8.47. The molecule has 0 aromatic heterocycles. The summed E-state index contributed by atoms with van der Waals surface area (Å²) in [5.41, 5.74) is 1.93. The van der Waals surface area contributed by atoms with Gasteiger partial charge < -0.3 is 13.9 Å². The standard InChI is InChI=1S/C26H50O3Si/c1-20(13-11-17-25(5,6)28-19-27-8)21-15-16-22-23(14-12-18-26(21,22)7)29-30(9,10)24(2,3)4/h15,20,22-23H,11-14,16-19H2,1-10H3/t20-,22+,23+,26-/m1/s1. The van der Waals surface area contributed by atoms with E-state index < -0.39 is 8.32 Å². The number of ether oxygens (including phenoxy) is 2. The van der Waals surface area contributed by atoms with E-state index in [-0.39, 0.29) is 10.6 Å². The molecule has 4 heteroatoms. The van der Waals surface area contributed by atoms with Crippen molar-refractivity contribution in [2.24, 2.45) is 17.3 Å². The van der Waals surface area contributed by atoms with Crippen molar-refractivity contribution < 1.29 is 13.9 Å². The summed E-state index contributed by atoms with van der Waals surface area (Å²) in [6.45, 7) is 21.6. The summed E-state index contributed by atoms with van der Waals surface area (Å²) in [7, 11) is -0.0462. The van der Waals surface area contributed by atoms with Gasteiger partial charge in [0.2, 0.25) is 0 Å². The fraction of sp³-hybridized carbons (Fsp3) is 0.923. The molecule has 4 atom stereocenters. The van der Waals surface area contributed by atoms with Crippen molar-refractivity contribution in [2.75, 3.05) is 13.9 Å². The minimum atomic E-state index is -1.73. The highest BCUT2D eigenvalue weighted by Gasteiger charge is 2.51. The molecule has 0 amide bonds. The molecule has 0 aromatic carbocycles. The molecule has 0 aliphatic heterocycles. The Morgan fingerprint density at radius 3 is 2.47 bits per heavy atom. The van der Waals surface area contributed by atoms with Gasteiger partial charge in [0.1, 0.15) is 6.79 Å². The molecule has 2 aliphatic rings. The second-order valence-corrected chi connectivity index (χ2v) is 17.1. The largest absolute Gasteiger partial charge is 0.414 e. The van der Waals surface area contributed by atoms with Crippen molar-refractivity contribution in [3.05, 3.63) is 11.6 Å². The van der Waals surface area contributed by atoms with Gasteiger partial charge in [-0.2, -0.15) is 0 Å². The molecule has 1 saturated carbocycles. The zero-order valence-electron chi connectivity index (χ0n) is 21.7. The lowest BCUT2D eigenvalue weighted by Crippen LogP contribution is -2.49. The zero-order chi connectivity index (χ0) is 22.8. The number of hydrogen-bond acceptors (Lipinski definition) is 3. The van der Waals surface area contributed by atoms with Crippen LogP contribution in [0.5, 0.6) is 0 Å². The maximum atomic E-state index is 6.99. The van der Waals surface area contributed by atoms with Crippen LogP contribution in [-0.4, -0.2) is 33.9 Å². The molecular formula is C26H50O3Si. The summed E-state index contributed by atoms with van der Waals surface area (Å²) in [5, 5.41) is 0.278. The van der Waals surface area contributed by atoms with Crippen LogP contribution in [-0.2, 0) is 13.9 Å². The van der Waals surface area contributed by atoms with Crippen molar-refractivity contribution in [1.82, 2.24) is 0 Å². The lowest BCUT2D eigenvalue weighted by molar-refractivity contribution is -0.117. The van der Waals surface area contributed by atoms with E-state index in [1.165, 1.54) is 38.5 Å². The summed E-state index contributed by atoms with van der Waals surface area (Å²) in [6.07, 6.45) is 11.6. The van der Waals surface area contributed by atoms with Crippen LogP contribution in [0.15, 0.2) is 11.6 Å². The third kappa shape index (κ3) is 5.99. The van der Waals surface area contributed by atoms with Gasteiger partial charge in [-0.25, -0.2) is 0 Å². The van der Waals surface area contributed by atoms with E-state index in [0.717, 1.165) is 6.42 Å². The second-order valence-electron chi connectivity index (χ2n) is 12.3. The summed E-state index contributed by atoms with van der Waals surface area (Å²) in [4.78, 5) is 0. The Balaban J connectivity index is 1.99. The molecule has 0 bridgehead atoms. The van der Waals surface area contributed by atoms with Crippen molar-refractivity contribution in [3.8, 4) is 0 Å². The molecule has 0 spiro atoms. The third-order valence-corrected chi connectivity index (χ3v) is 13.0.